The van der Waals surface area contributed by atoms with Crippen molar-refractivity contribution >= 4 is 5.97 Å². The molecular formula is C6H11NO4. The second-order valence-electron chi connectivity index (χ2n) is 2.70. The quantitative estimate of drug-likeness (QED) is 0.489. The lowest BCUT2D eigenvalue weighted by molar-refractivity contribution is -0.274. The van der Waals surface area contributed by atoms with E-state index < -0.39 is 11.7 Å². The van der Waals surface area contributed by atoms with E-state index in [0.29, 0.717) is 17.9 Å². The lowest BCUT2D eigenvalue weighted by Crippen LogP contribution is -2.55. The smallest absolute Gasteiger partial charge is 0.353 e. The number of piperidine rings is 1. The SMILES string of the molecule is O=C(O)[C@@]1(O)CCCCN1O. The van der Waals surface area contributed by atoms with Crippen molar-refractivity contribution < 1.29 is 20.2 Å². The van der Waals surface area contributed by atoms with Crippen LogP contribution >= 0.6 is 0 Å². The van der Waals surface area contributed by atoms with E-state index in [1.54, 1.807) is 0 Å². The lowest BCUT2D eigenvalue weighted by Gasteiger charge is -2.34. The van der Waals surface area contributed by atoms with Crippen LogP contribution in [0.4, 0.5) is 0 Å². The van der Waals surface area contributed by atoms with Gasteiger partial charge in [-0.25, -0.2) is 4.79 Å². The molecule has 0 amide bonds. The second-order valence-corrected chi connectivity index (χ2v) is 2.70. The maximum atomic E-state index is 10.4. The van der Waals surface area contributed by atoms with E-state index in [9.17, 15) is 9.90 Å². The van der Waals surface area contributed by atoms with Crippen molar-refractivity contribution in [3.8, 4) is 0 Å². The molecule has 3 N–H and O–H groups in total. The van der Waals surface area contributed by atoms with Crippen LogP contribution in [0.15, 0.2) is 0 Å². The van der Waals surface area contributed by atoms with Gasteiger partial charge in [0, 0.05) is 13.0 Å². The normalized spacial score (nSPS) is 33.6. The van der Waals surface area contributed by atoms with Crippen molar-refractivity contribution in [1.82, 2.24) is 5.06 Å². The number of carboxylic acids is 1. The van der Waals surface area contributed by atoms with Crippen LogP contribution in [0.3, 0.4) is 0 Å². The molecule has 11 heavy (non-hydrogen) atoms. The first kappa shape index (κ1) is 8.45. The van der Waals surface area contributed by atoms with E-state index in [2.05, 4.69) is 0 Å². The van der Waals surface area contributed by atoms with Crippen LogP contribution in [0, 0.1) is 0 Å². The van der Waals surface area contributed by atoms with Gasteiger partial charge in [0.1, 0.15) is 0 Å². The number of hydroxylamine groups is 2. The monoisotopic (exact) mass is 161 g/mol. The van der Waals surface area contributed by atoms with Gasteiger partial charge in [-0.05, 0) is 12.8 Å². The summed E-state index contributed by atoms with van der Waals surface area (Å²) in [7, 11) is 0. The molecule has 0 radical (unpaired) electrons. The minimum atomic E-state index is -2.06. The van der Waals surface area contributed by atoms with Crippen molar-refractivity contribution in [3.05, 3.63) is 0 Å². The molecule has 1 aliphatic rings. The molecule has 0 aliphatic carbocycles. The van der Waals surface area contributed by atoms with Crippen LogP contribution in [0.25, 0.3) is 0 Å². The van der Waals surface area contributed by atoms with E-state index in [0.717, 1.165) is 0 Å². The van der Waals surface area contributed by atoms with Crippen LogP contribution in [-0.2, 0) is 4.79 Å². The summed E-state index contributed by atoms with van der Waals surface area (Å²) in [6.45, 7) is 0.211. The van der Waals surface area contributed by atoms with Crippen LogP contribution in [-0.4, -0.2) is 38.7 Å². The summed E-state index contributed by atoms with van der Waals surface area (Å²) in [5.41, 5.74) is -2.06. The number of aliphatic hydroxyl groups is 1. The first-order valence-electron chi connectivity index (χ1n) is 3.49. The molecule has 1 rings (SSSR count). The summed E-state index contributed by atoms with van der Waals surface area (Å²) in [5.74, 6) is -1.39. The Morgan fingerprint density at radius 3 is 2.45 bits per heavy atom. The Hall–Kier alpha value is -0.650. The zero-order chi connectivity index (χ0) is 8.48. The summed E-state index contributed by atoms with van der Waals surface area (Å²) < 4.78 is 0. The molecule has 0 aromatic carbocycles. The largest absolute Gasteiger partial charge is 0.478 e. The van der Waals surface area contributed by atoms with Gasteiger partial charge >= 0.3 is 5.97 Å². The number of nitrogens with zero attached hydrogens (tertiary/aromatic N) is 1. The van der Waals surface area contributed by atoms with Gasteiger partial charge < -0.3 is 15.4 Å². The highest BCUT2D eigenvalue weighted by atomic mass is 16.6. The molecule has 5 nitrogen and oxygen atoms in total. The molecule has 64 valence electrons. The first-order valence-corrected chi connectivity index (χ1v) is 3.49. The minimum Gasteiger partial charge on any atom is -0.478 e. The third kappa shape index (κ3) is 1.35. The van der Waals surface area contributed by atoms with Crippen molar-refractivity contribution in [2.75, 3.05) is 6.54 Å². The van der Waals surface area contributed by atoms with E-state index in [4.69, 9.17) is 10.3 Å². The molecule has 1 aliphatic heterocycles. The molecule has 5 heteroatoms. The predicted molar refractivity (Wildman–Crippen MR) is 34.9 cm³/mol. The second kappa shape index (κ2) is 2.77. The Bertz CT molecular complexity index is 172. The third-order valence-electron chi connectivity index (χ3n) is 1.91. The summed E-state index contributed by atoms with van der Waals surface area (Å²) in [6, 6.07) is 0. The molecule has 0 bridgehead atoms. The molecule has 1 atom stereocenters. The summed E-state index contributed by atoms with van der Waals surface area (Å²) in [4.78, 5) is 10.4. The molecule has 1 saturated heterocycles. The van der Waals surface area contributed by atoms with Crippen LogP contribution < -0.4 is 0 Å². The number of aliphatic carboxylic acids is 1. The van der Waals surface area contributed by atoms with Gasteiger partial charge in [-0.2, -0.15) is 5.06 Å². The van der Waals surface area contributed by atoms with Gasteiger partial charge in [-0.3, -0.25) is 0 Å². The van der Waals surface area contributed by atoms with E-state index >= 15 is 0 Å². The molecular weight excluding hydrogens is 150 g/mol. The Balaban J connectivity index is 2.72. The summed E-state index contributed by atoms with van der Waals surface area (Å²) in [6.07, 6.45) is 1.42. The minimum absolute atomic E-state index is 0.0822. The predicted octanol–water partition coefficient (Wildman–Crippen LogP) is -0.365. The molecule has 0 unspecified atom stereocenters. The maximum Gasteiger partial charge on any atom is 0.353 e. The molecule has 0 spiro atoms. The van der Waals surface area contributed by atoms with Crippen molar-refractivity contribution in [2.24, 2.45) is 0 Å². The first-order chi connectivity index (χ1) is 5.07. The van der Waals surface area contributed by atoms with Gasteiger partial charge in [0.2, 0.25) is 5.72 Å². The number of hydrogen-bond acceptors (Lipinski definition) is 4. The molecule has 0 aromatic rings. The fourth-order valence-corrected chi connectivity index (χ4v) is 1.16. The molecule has 1 fully saturated rings. The lowest BCUT2D eigenvalue weighted by atomic mass is 10.0. The van der Waals surface area contributed by atoms with E-state index in [1.165, 1.54) is 0 Å². The highest BCUT2D eigenvalue weighted by Gasteiger charge is 2.43. The average molecular weight is 161 g/mol. The van der Waals surface area contributed by atoms with Crippen molar-refractivity contribution in [1.29, 1.82) is 0 Å². The molecule has 0 aromatic heterocycles. The van der Waals surface area contributed by atoms with Gasteiger partial charge in [0.15, 0.2) is 0 Å². The zero-order valence-corrected chi connectivity index (χ0v) is 6.03. The van der Waals surface area contributed by atoms with Crippen molar-refractivity contribution in [3.63, 3.8) is 0 Å². The van der Waals surface area contributed by atoms with Gasteiger partial charge in [0.25, 0.3) is 0 Å². The zero-order valence-electron chi connectivity index (χ0n) is 6.03. The van der Waals surface area contributed by atoms with Gasteiger partial charge in [-0.1, -0.05) is 0 Å². The number of carboxylic acid groups (broad SMARTS) is 1. The topological polar surface area (TPSA) is 81.0 Å². The fourth-order valence-electron chi connectivity index (χ4n) is 1.16. The Morgan fingerprint density at radius 2 is 2.09 bits per heavy atom. The third-order valence-corrected chi connectivity index (χ3v) is 1.91. The highest BCUT2D eigenvalue weighted by molar-refractivity contribution is 5.76. The van der Waals surface area contributed by atoms with E-state index in [-0.39, 0.29) is 13.0 Å². The standard InChI is InChI=1S/C6H11NO4/c8-5(9)6(10)3-1-2-4-7(6)11/h10-11H,1-4H2,(H,8,9)/t6-/m0/s1. The molecule has 1 heterocycles. The number of carbonyl (C=O) groups is 1. The fraction of sp³-hybridized carbons (Fsp3) is 0.833. The Morgan fingerprint density at radius 1 is 1.45 bits per heavy atom. The number of hydrogen-bond donors (Lipinski definition) is 3. The van der Waals surface area contributed by atoms with E-state index in [1.807, 2.05) is 0 Å². The molecule has 0 saturated carbocycles. The Kier molecular flexibility index (Phi) is 2.12. The summed E-state index contributed by atoms with van der Waals surface area (Å²) in [5, 5.41) is 27.3. The van der Waals surface area contributed by atoms with Gasteiger partial charge in [0.05, 0.1) is 0 Å². The van der Waals surface area contributed by atoms with Gasteiger partial charge in [-0.15, -0.1) is 0 Å². The Labute approximate surface area is 63.8 Å². The summed E-state index contributed by atoms with van der Waals surface area (Å²) >= 11 is 0. The van der Waals surface area contributed by atoms with Crippen LogP contribution in [0.2, 0.25) is 0 Å². The average Bonchev–Trinajstić information content (AvgIpc) is 1.95. The van der Waals surface area contributed by atoms with Crippen molar-refractivity contribution in [2.45, 2.75) is 25.0 Å². The maximum absolute atomic E-state index is 10.4. The highest BCUT2D eigenvalue weighted by Crippen LogP contribution is 2.23. The van der Waals surface area contributed by atoms with Crippen LogP contribution in [0.5, 0.6) is 0 Å². The van der Waals surface area contributed by atoms with Crippen LogP contribution in [0.1, 0.15) is 19.3 Å². The number of rotatable bonds is 1.